The van der Waals surface area contributed by atoms with Crippen LogP contribution in [0.25, 0.3) is 0 Å². The Balaban J connectivity index is 1.74. The second-order valence-corrected chi connectivity index (χ2v) is 7.42. The summed E-state index contributed by atoms with van der Waals surface area (Å²) in [7, 11) is 0. The fourth-order valence-electron chi connectivity index (χ4n) is 2.94. The van der Waals surface area contributed by atoms with E-state index in [9.17, 15) is 4.79 Å². The molecule has 0 aliphatic carbocycles. The van der Waals surface area contributed by atoms with E-state index in [-0.39, 0.29) is 6.09 Å². The first-order chi connectivity index (χ1) is 10.9. The molecule has 1 aliphatic heterocycles. The third-order valence-electron chi connectivity index (χ3n) is 4.11. The molecular formula is C18H31N3O2. The van der Waals surface area contributed by atoms with E-state index >= 15 is 0 Å². The van der Waals surface area contributed by atoms with Crippen LogP contribution < -0.4 is 5.32 Å². The van der Waals surface area contributed by atoms with Crippen molar-refractivity contribution in [2.45, 2.75) is 59.2 Å². The van der Waals surface area contributed by atoms with Crippen LogP contribution in [-0.4, -0.2) is 40.8 Å². The van der Waals surface area contributed by atoms with E-state index in [1.54, 1.807) is 0 Å². The maximum Gasteiger partial charge on any atom is 0.410 e. The number of nitrogens with zero attached hydrogens (tertiary/aromatic N) is 2. The Bertz CT molecular complexity index is 505. The van der Waals surface area contributed by atoms with Gasteiger partial charge < -0.3 is 19.5 Å². The Labute approximate surface area is 140 Å². The van der Waals surface area contributed by atoms with Crippen LogP contribution in [0.4, 0.5) is 4.79 Å². The van der Waals surface area contributed by atoms with Crippen molar-refractivity contribution in [3.05, 3.63) is 24.0 Å². The van der Waals surface area contributed by atoms with Crippen LogP contribution in [0.5, 0.6) is 0 Å². The monoisotopic (exact) mass is 321 g/mol. The highest BCUT2D eigenvalue weighted by Crippen LogP contribution is 2.19. The summed E-state index contributed by atoms with van der Waals surface area (Å²) in [4.78, 5) is 14.0. The molecule has 1 aromatic rings. The topological polar surface area (TPSA) is 46.5 Å². The van der Waals surface area contributed by atoms with Crippen molar-refractivity contribution in [2.24, 2.45) is 5.92 Å². The first-order valence-electron chi connectivity index (χ1n) is 8.70. The average molecular weight is 321 g/mol. The number of carbonyl (C=O) groups excluding carboxylic acids is 1. The molecule has 0 spiro atoms. The van der Waals surface area contributed by atoms with E-state index in [2.05, 4.69) is 35.3 Å². The second kappa shape index (κ2) is 7.86. The van der Waals surface area contributed by atoms with Crippen molar-refractivity contribution in [1.82, 2.24) is 14.8 Å². The molecule has 1 atom stereocenters. The van der Waals surface area contributed by atoms with Gasteiger partial charge in [0, 0.05) is 38.6 Å². The molecule has 130 valence electrons. The van der Waals surface area contributed by atoms with Gasteiger partial charge in [0.2, 0.25) is 0 Å². The molecule has 1 aromatic heterocycles. The Kier molecular flexibility index (Phi) is 6.10. The van der Waals surface area contributed by atoms with Gasteiger partial charge in [-0.15, -0.1) is 0 Å². The Hall–Kier alpha value is -1.49. The van der Waals surface area contributed by atoms with Gasteiger partial charge in [-0.3, -0.25) is 0 Å². The van der Waals surface area contributed by atoms with Crippen LogP contribution in [0, 0.1) is 5.92 Å². The summed E-state index contributed by atoms with van der Waals surface area (Å²) in [6, 6.07) is 2.16. The second-order valence-electron chi connectivity index (χ2n) is 7.42. The predicted molar refractivity (Wildman–Crippen MR) is 92.3 cm³/mol. The highest BCUT2D eigenvalue weighted by molar-refractivity contribution is 5.68. The molecule has 2 heterocycles. The number of piperidine rings is 1. The van der Waals surface area contributed by atoms with Gasteiger partial charge >= 0.3 is 6.09 Å². The van der Waals surface area contributed by atoms with E-state index in [4.69, 9.17) is 4.74 Å². The fourth-order valence-corrected chi connectivity index (χ4v) is 2.94. The third-order valence-corrected chi connectivity index (χ3v) is 4.11. The maximum atomic E-state index is 12.2. The zero-order chi connectivity index (χ0) is 16.9. The van der Waals surface area contributed by atoms with Crippen LogP contribution in [0.2, 0.25) is 0 Å². The molecule has 1 saturated heterocycles. The molecule has 1 aliphatic rings. The van der Waals surface area contributed by atoms with Crippen LogP contribution in [0.1, 0.15) is 46.1 Å². The van der Waals surface area contributed by atoms with Crippen LogP contribution >= 0.6 is 0 Å². The zero-order valence-electron chi connectivity index (χ0n) is 15.0. The molecule has 5 nitrogen and oxygen atoms in total. The van der Waals surface area contributed by atoms with Gasteiger partial charge in [-0.2, -0.15) is 0 Å². The highest BCUT2D eigenvalue weighted by atomic mass is 16.6. The van der Waals surface area contributed by atoms with Gasteiger partial charge in [0.25, 0.3) is 0 Å². The molecule has 0 radical (unpaired) electrons. The van der Waals surface area contributed by atoms with Crippen molar-refractivity contribution >= 4 is 6.09 Å². The highest BCUT2D eigenvalue weighted by Gasteiger charge is 2.27. The lowest BCUT2D eigenvalue weighted by Crippen LogP contribution is -2.44. The van der Waals surface area contributed by atoms with Gasteiger partial charge in [-0.05, 0) is 64.6 Å². The normalized spacial score (nSPS) is 19.0. The molecule has 1 unspecified atom stereocenters. The smallest absolute Gasteiger partial charge is 0.410 e. The summed E-state index contributed by atoms with van der Waals surface area (Å²) in [6.07, 6.45) is 6.34. The Morgan fingerprint density at radius 3 is 2.87 bits per heavy atom. The largest absolute Gasteiger partial charge is 0.444 e. The number of ether oxygens (including phenoxy) is 1. The summed E-state index contributed by atoms with van der Waals surface area (Å²) < 4.78 is 7.66. The summed E-state index contributed by atoms with van der Waals surface area (Å²) in [5.74, 6) is 0.504. The molecule has 2 rings (SSSR count). The summed E-state index contributed by atoms with van der Waals surface area (Å²) in [5, 5.41) is 3.52. The lowest BCUT2D eigenvalue weighted by Gasteiger charge is -2.34. The van der Waals surface area contributed by atoms with Crippen molar-refractivity contribution in [2.75, 3.05) is 19.6 Å². The number of amides is 1. The first-order valence-corrected chi connectivity index (χ1v) is 8.70. The fraction of sp³-hybridized carbons (Fsp3) is 0.722. The number of aromatic nitrogens is 1. The van der Waals surface area contributed by atoms with E-state index < -0.39 is 5.60 Å². The Morgan fingerprint density at radius 2 is 2.22 bits per heavy atom. The minimum Gasteiger partial charge on any atom is -0.444 e. The van der Waals surface area contributed by atoms with Crippen LogP contribution in [-0.2, 0) is 17.8 Å². The lowest BCUT2D eigenvalue weighted by atomic mass is 9.98. The molecule has 5 heteroatoms. The molecular weight excluding hydrogens is 290 g/mol. The zero-order valence-corrected chi connectivity index (χ0v) is 15.0. The number of aryl methyl sites for hydroxylation is 1. The quantitative estimate of drug-likeness (QED) is 0.905. The molecule has 0 bridgehead atoms. The van der Waals surface area contributed by atoms with Crippen molar-refractivity contribution < 1.29 is 9.53 Å². The maximum absolute atomic E-state index is 12.2. The number of carbonyl (C=O) groups is 1. The summed E-state index contributed by atoms with van der Waals surface area (Å²) >= 11 is 0. The number of rotatable bonds is 5. The van der Waals surface area contributed by atoms with Crippen LogP contribution in [0.3, 0.4) is 0 Å². The SMILES string of the molecule is CCn1ccc(CNCC2CCCN(C(=O)OC(C)(C)C)C2)c1. The van der Waals surface area contributed by atoms with E-state index in [1.807, 2.05) is 25.7 Å². The molecule has 1 amide bonds. The third kappa shape index (κ3) is 5.90. The molecule has 1 N–H and O–H groups in total. The van der Waals surface area contributed by atoms with E-state index in [1.165, 1.54) is 12.0 Å². The summed E-state index contributed by atoms with van der Waals surface area (Å²) in [5.41, 5.74) is 0.890. The molecule has 0 aromatic carbocycles. The van der Waals surface area contributed by atoms with Gasteiger partial charge in [0.15, 0.2) is 0 Å². The van der Waals surface area contributed by atoms with Crippen molar-refractivity contribution in [3.8, 4) is 0 Å². The van der Waals surface area contributed by atoms with Gasteiger partial charge in [0.05, 0.1) is 0 Å². The Morgan fingerprint density at radius 1 is 1.43 bits per heavy atom. The lowest BCUT2D eigenvalue weighted by molar-refractivity contribution is 0.0166. The van der Waals surface area contributed by atoms with Crippen molar-refractivity contribution in [1.29, 1.82) is 0 Å². The molecule has 1 fully saturated rings. The average Bonchev–Trinajstić information content (AvgIpc) is 2.94. The van der Waals surface area contributed by atoms with Crippen molar-refractivity contribution in [3.63, 3.8) is 0 Å². The minimum absolute atomic E-state index is 0.178. The summed E-state index contributed by atoms with van der Waals surface area (Å²) in [6.45, 7) is 12.3. The number of hydrogen-bond donors (Lipinski definition) is 1. The number of likely N-dealkylation sites (tertiary alicyclic amines) is 1. The molecule has 23 heavy (non-hydrogen) atoms. The first kappa shape index (κ1) is 17.9. The van der Waals surface area contributed by atoms with Gasteiger partial charge in [0.1, 0.15) is 5.60 Å². The minimum atomic E-state index is -0.422. The van der Waals surface area contributed by atoms with E-state index in [0.717, 1.165) is 39.1 Å². The van der Waals surface area contributed by atoms with Crippen LogP contribution in [0.15, 0.2) is 18.5 Å². The standard InChI is InChI=1S/C18H31N3O2/c1-5-20-10-8-16(13-20)12-19-11-15-7-6-9-21(14-15)17(22)23-18(2,3)4/h8,10,13,15,19H,5-7,9,11-12,14H2,1-4H3. The predicted octanol–water partition coefficient (Wildman–Crippen LogP) is 3.24. The molecule has 0 saturated carbocycles. The van der Waals surface area contributed by atoms with Gasteiger partial charge in [-0.1, -0.05) is 0 Å². The number of hydrogen-bond acceptors (Lipinski definition) is 3. The van der Waals surface area contributed by atoms with E-state index in [0.29, 0.717) is 5.92 Å². The number of nitrogens with one attached hydrogen (secondary N) is 1. The van der Waals surface area contributed by atoms with Gasteiger partial charge in [-0.25, -0.2) is 4.79 Å².